The summed E-state index contributed by atoms with van der Waals surface area (Å²) in [5.41, 5.74) is 7.86. The second kappa shape index (κ2) is 10.4. The van der Waals surface area contributed by atoms with Gasteiger partial charge in [-0.2, -0.15) is 0 Å². The van der Waals surface area contributed by atoms with E-state index in [1.165, 1.54) is 44.1 Å². The van der Waals surface area contributed by atoms with E-state index in [0.29, 0.717) is 0 Å². The molecule has 0 amide bonds. The highest BCUT2D eigenvalue weighted by molar-refractivity contribution is 6.04. The molecule has 0 aliphatic rings. The Kier molecular flexibility index (Phi) is 7.04. The predicted molar refractivity (Wildman–Crippen MR) is 154 cm³/mol. The fourth-order valence-corrected chi connectivity index (χ4v) is 5.42. The first kappa shape index (κ1) is 24.4. The molecule has 0 saturated heterocycles. The summed E-state index contributed by atoms with van der Waals surface area (Å²) in [5, 5.41) is 2.65. The summed E-state index contributed by atoms with van der Waals surface area (Å²) >= 11 is 0. The van der Waals surface area contributed by atoms with Gasteiger partial charge in [0.25, 0.3) is 0 Å². The third kappa shape index (κ3) is 4.86. The van der Waals surface area contributed by atoms with Crippen molar-refractivity contribution in [3.63, 3.8) is 0 Å². The van der Waals surface area contributed by atoms with Crippen LogP contribution >= 0.6 is 0 Å². The zero-order valence-corrected chi connectivity index (χ0v) is 22.4. The van der Waals surface area contributed by atoms with E-state index in [4.69, 9.17) is 0 Å². The Morgan fingerprint density at radius 2 is 0.972 bits per heavy atom. The van der Waals surface area contributed by atoms with Crippen molar-refractivity contribution >= 4 is 21.8 Å². The van der Waals surface area contributed by atoms with Gasteiger partial charge >= 0.3 is 0 Å². The summed E-state index contributed by atoms with van der Waals surface area (Å²) in [5.74, 6) is 0. The average Bonchev–Trinajstić information content (AvgIpc) is 3.52. The standard InChI is InChI=1S/C31H39N5/c1-32(2)16-10-18-35-22-28(24-12-6-8-14-30(24)35)26-20-34(5)21-27(26)29-23-36(19-11-17-33(3)4)31-15-9-7-13-25(29)31/h6-9,12-15,20-23H,10-11,16-19H2,1-5H3. The maximum atomic E-state index is 2.44. The number of aromatic nitrogens is 3. The highest BCUT2D eigenvalue weighted by atomic mass is 15.1. The van der Waals surface area contributed by atoms with Crippen LogP contribution < -0.4 is 0 Å². The van der Waals surface area contributed by atoms with Crippen molar-refractivity contribution in [3.05, 3.63) is 73.3 Å². The number of aryl methyl sites for hydroxylation is 3. The molecule has 3 aromatic heterocycles. The Hall–Kier alpha value is -3.28. The van der Waals surface area contributed by atoms with Gasteiger partial charge < -0.3 is 23.5 Å². The van der Waals surface area contributed by atoms with E-state index in [2.05, 4.69) is 132 Å². The highest BCUT2D eigenvalue weighted by Crippen LogP contribution is 2.41. The fraction of sp³-hybridized carbons (Fsp3) is 0.355. The third-order valence-electron chi connectivity index (χ3n) is 7.12. The van der Waals surface area contributed by atoms with Gasteiger partial charge in [0.05, 0.1) is 0 Å². The number of hydrogen-bond donors (Lipinski definition) is 0. The summed E-state index contributed by atoms with van der Waals surface area (Å²) in [6.07, 6.45) is 11.6. The van der Waals surface area contributed by atoms with Crippen molar-refractivity contribution in [2.24, 2.45) is 7.05 Å². The smallest absolute Gasteiger partial charge is 0.0486 e. The van der Waals surface area contributed by atoms with Gasteiger partial charge in [0.15, 0.2) is 0 Å². The minimum absolute atomic E-state index is 1.02. The first-order chi connectivity index (χ1) is 17.4. The van der Waals surface area contributed by atoms with Crippen LogP contribution in [0.25, 0.3) is 44.1 Å². The molecule has 5 heteroatoms. The van der Waals surface area contributed by atoms with Crippen LogP contribution in [0.4, 0.5) is 0 Å². The maximum absolute atomic E-state index is 2.44. The lowest BCUT2D eigenvalue weighted by Gasteiger charge is -2.10. The minimum Gasteiger partial charge on any atom is -0.356 e. The lowest BCUT2D eigenvalue weighted by atomic mass is 9.98. The van der Waals surface area contributed by atoms with Crippen LogP contribution in [0.15, 0.2) is 73.3 Å². The summed E-state index contributed by atoms with van der Waals surface area (Å²) in [6, 6.07) is 17.7. The molecule has 0 atom stereocenters. The van der Waals surface area contributed by atoms with Gasteiger partial charge in [-0.1, -0.05) is 36.4 Å². The molecule has 5 rings (SSSR count). The number of nitrogens with zero attached hydrogens (tertiary/aromatic N) is 5. The quantitative estimate of drug-likeness (QED) is 0.238. The number of rotatable bonds is 10. The first-order valence-electron chi connectivity index (χ1n) is 13.0. The summed E-state index contributed by atoms with van der Waals surface area (Å²) in [6.45, 7) is 4.22. The molecule has 2 aromatic carbocycles. The average molecular weight is 482 g/mol. The lowest BCUT2D eigenvalue weighted by Crippen LogP contribution is -2.14. The van der Waals surface area contributed by atoms with Crippen LogP contribution in [0.5, 0.6) is 0 Å². The normalized spacial score (nSPS) is 12.1. The molecular weight excluding hydrogens is 442 g/mol. The summed E-state index contributed by atoms with van der Waals surface area (Å²) in [7, 11) is 10.7. The maximum Gasteiger partial charge on any atom is 0.0486 e. The molecule has 0 spiro atoms. The number of fused-ring (bicyclic) bond motifs is 2. The molecule has 0 radical (unpaired) electrons. The van der Waals surface area contributed by atoms with E-state index in [1.807, 2.05) is 0 Å². The Morgan fingerprint density at radius 3 is 1.39 bits per heavy atom. The van der Waals surface area contributed by atoms with Crippen molar-refractivity contribution < 1.29 is 0 Å². The van der Waals surface area contributed by atoms with Crippen molar-refractivity contribution in [3.8, 4) is 22.3 Å². The van der Waals surface area contributed by atoms with E-state index in [9.17, 15) is 0 Å². The highest BCUT2D eigenvalue weighted by Gasteiger charge is 2.19. The molecule has 0 saturated carbocycles. The molecule has 0 bridgehead atoms. The molecule has 0 aliphatic heterocycles. The predicted octanol–water partition coefficient (Wildman–Crippen LogP) is 6.17. The van der Waals surface area contributed by atoms with E-state index in [-0.39, 0.29) is 0 Å². The van der Waals surface area contributed by atoms with Crippen LogP contribution in [-0.4, -0.2) is 64.8 Å². The molecule has 0 aliphatic carbocycles. The Balaban J connectivity index is 1.60. The van der Waals surface area contributed by atoms with Crippen LogP contribution in [0.2, 0.25) is 0 Å². The number of para-hydroxylation sites is 2. The molecule has 0 N–H and O–H groups in total. The van der Waals surface area contributed by atoms with Crippen LogP contribution in [0, 0.1) is 0 Å². The zero-order chi connectivity index (χ0) is 25.2. The van der Waals surface area contributed by atoms with Gasteiger partial charge in [0, 0.05) is 89.0 Å². The summed E-state index contributed by atoms with van der Waals surface area (Å²) in [4.78, 5) is 4.52. The number of benzene rings is 2. The number of hydrogen-bond acceptors (Lipinski definition) is 2. The molecular formula is C31H39N5. The van der Waals surface area contributed by atoms with Gasteiger partial charge in [-0.05, 0) is 66.3 Å². The second-order valence-corrected chi connectivity index (χ2v) is 10.6. The first-order valence-corrected chi connectivity index (χ1v) is 13.0. The third-order valence-corrected chi connectivity index (χ3v) is 7.12. The van der Waals surface area contributed by atoms with Gasteiger partial charge in [0.2, 0.25) is 0 Å². The molecule has 36 heavy (non-hydrogen) atoms. The minimum atomic E-state index is 1.02. The van der Waals surface area contributed by atoms with Gasteiger partial charge in [-0.25, -0.2) is 0 Å². The SMILES string of the molecule is CN(C)CCCn1cc(-c2cn(C)cc2-c2cn(CCCN(C)C)c3ccccc23)c2ccccc21. The summed E-state index contributed by atoms with van der Waals surface area (Å²) < 4.78 is 7.09. The second-order valence-electron chi connectivity index (χ2n) is 10.6. The lowest BCUT2D eigenvalue weighted by molar-refractivity contribution is 0.388. The molecule has 0 unspecified atom stereocenters. The van der Waals surface area contributed by atoms with Crippen molar-refractivity contribution in [2.75, 3.05) is 41.3 Å². The van der Waals surface area contributed by atoms with Crippen LogP contribution in [0.3, 0.4) is 0 Å². The monoisotopic (exact) mass is 481 g/mol. The molecule has 5 nitrogen and oxygen atoms in total. The van der Waals surface area contributed by atoms with Gasteiger partial charge in [-0.15, -0.1) is 0 Å². The van der Waals surface area contributed by atoms with Crippen LogP contribution in [0.1, 0.15) is 12.8 Å². The van der Waals surface area contributed by atoms with Gasteiger partial charge in [-0.3, -0.25) is 0 Å². The van der Waals surface area contributed by atoms with E-state index in [1.54, 1.807) is 0 Å². The van der Waals surface area contributed by atoms with E-state index in [0.717, 1.165) is 39.0 Å². The van der Waals surface area contributed by atoms with Crippen molar-refractivity contribution in [2.45, 2.75) is 25.9 Å². The zero-order valence-electron chi connectivity index (χ0n) is 22.4. The van der Waals surface area contributed by atoms with Gasteiger partial charge in [0.1, 0.15) is 0 Å². The Morgan fingerprint density at radius 1 is 0.556 bits per heavy atom. The molecule has 5 aromatic rings. The molecule has 0 fully saturated rings. The van der Waals surface area contributed by atoms with E-state index >= 15 is 0 Å². The van der Waals surface area contributed by atoms with Crippen molar-refractivity contribution in [1.82, 2.24) is 23.5 Å². The Bertz CT molecular complexity index is 1350. The van der Waals surface area contributed by atoms with Crippen molar-refractivity contribution in [1.29, 1.82) is 0 Å². The van der Waals surface area contributed by atoms with Crippen LogP contribution in [-0.2, 0) is 20.1 Å². The topological polar surface area (TPSA) is 21.3 Å². The van der Waals surface area contributed by atoms with E-state index < -0.39 is 0 Å². The Labute approximate surface area is 215 Å². The largest absolute Gasteiger partial charge is 0.356 e. The fourth-order valence-electron chi connectivity index (χ4n) is 5.42. The molecule has 188 valence electrons. The molecule has 3 heterocycles.